The van der Waals surface area contributed by atoms with Crippen molar-refractivity contribution in [2.24, 2.45) is 0 Å². The molecular weight excluding hydrogens is 188 g/mol. The fourth-order valence-electron chi connectivity index (χ4n) is 1.65. The molecule has 1 aliphatic carbocycles. The number of ether oxygens (including phenoxy) is 2. The van der Waals surface area contributed by atoms with Crippen LogP contribution in [0.2, 0.25) is 0 Å². The maximum Gasteiger partial charge on any atom is 0.331 e. The van der Waals surface area contributed by atoms with Crippen LogP contribution in [0.15, 0.2) is 11.6 Å². The minimum atomic E-state index is -0.976. The molecule has 0 spiro atoms. The molecule has 5 heteroatoms. The molecule has 1 aliphatic heterocycles. The van der Waals surface area contributed by atoms with Crippen molar-refractivity contribution in [1.82, 2.24) is 0 Å². The van der Waals surface area contributed by atoms with Gasteiger partial charge in [0.05, 0.1) is 0 Å². The number of epoxide rings is 1. The van der Waals surface area contributed by atoms with Crippen molar-refractivity contribution in [3.63, 3.8) is 0 Å². The molecule has 3 unspecified atom stereocenters. The second kappa shape index (κ2) is 3.09. The molecule has 2 rings (SSSR count). The van der Waals surface area contributed by atoms with Gasteiger partial charge in [-0.25, -0.2) is 4.79 Å². The molecular formula is C9H10O5. The van der Waals surface area contributed by atoms with Crippen LogP contribution >= 0.6 is 0 Å². The van der Waals surface area contributed by atoms with Crippen LogP contribution in [0, 0.1) is 0 Å². The van der Waals surface area contributed by atoms with Crippen LogP contribution in [-0.4, -0.2) is 35.4 Å². The van der Waals surface area contributed by atoms with Gasteiger partial charge in [-0.05, 0) is 6.08 Å². The monoisotopic (exact) mass is 198 g/mol. The van der Waals surface area contributed by atoms with E-state index in [0.29, 0.717) is 0 Å². The summed E-state index contributed by atoms with van der Waals surface area (Å²) in [7, 11) is 0. The number of carbonyl (C=O) groups is 2. The van der Waals surface area contributed by atoms with E-state index in [4.69, 9.17) is 14.6 Å². The average Bonchev–Trinajstić information content (AvgIpc) is 2.81. The molecule has 5 nitrogen and oxygen atoms in total. The molecule has 0 aromatic heterocycles. The topological polar surface area (TPSA) is 76.1 Å². The molecule has 0 saturated carbocycles. The summed E-state index contributed by atoms with van der Waals surface area (Å²) in [6.07, 6.45) is 1.05. The lowest BCUT2D eigenvalue weighted by molar-refractivity contribution is -0.148. The molecule has 3 atom stereocenters. The highest BCUT2D eigenvalue weighted by molar-refractivity contribution is 5.87. The van der Waals surface area contributed by atoms with E-state index in [1.54, 1.807) is 6.08 Å². The zero-order valence-electron chi connectivity index (χ0n) is 7.60. The molecule has 0 bridgehead atoms. The van der Waals surface area contributed by atoms with Gasteiger partial charge in [-0.3, -0.25) is 4.79 Å². The Bertz CT molecular complexity index is 319. The van der Waals surface area contributed by atoms with Crippen molar-refractivity contribution in [3.8, 4) is 0 Å². The van der Waals surface area contributed by atoms with Gasteiger partial charge in [-0.2, -0.15) is 0 Å². The van der Waals surface area contributed by atoms with Crippen LogP contribution in [0.1, 0.15) is 13.3 Å². The maximum atomic E-state index is 10.7. The van der Waals surface area contributed by atoms with Crippen LogP contribution in [0.3, 0.4) is 0 Å². The summed E-state index contributed by atoms with van der Waals surface area (Å²) in [4.78, 5) is 21.4. The molecule has 0 radical (unpaired) electrons. The number of hydrogen-bond donors (Lipinski definition) is 1. The van der Waals surface area contributed by atoms with E-state index in [9.17, 15) is 9.59 Å². The molecule has 1 saturated heterocycles. The number of fused-ring (bicyclic) bond motifs is 1. The van der Waals surface area contributed by atoms with Gasteiger partial charge in [-0.15, -0.1) is 0 Å². The predicted octanol–water partition coefficient (Wildman–Crippen LogP) is 0.100. The summed E-state index contributed by atoms with van der Waals surface area (Å²) in [5.41, 5.74) is 0.259. The molecule has 76 valence electrons. The van der Waals surface area contributed by atoms with Crippen molar-refractivity contribution < 1.29 is 24.2 Å². The largest absolute Gasteiger partial charge is 0.478 e. The first kappa shape index (κ1) is 9.21. The fourth-order valence-corrected chi connectivity index (χ4v) is 1.65. The van der Waals surface area contributed by atoms with Gasteiger partial charge in [0, 0.05) is 18.9 Å². The number of aliphatic carboxylic acids is 1. The van der Waals surface area contributed by atoms with Crippen LogP contribution in [0.4, 0.5) is 0 Å². The quantitative estimate of drug-likeness (QED) is 0.503. The summed E-state index contributed by atoms with van der Waals surface area (Å²) < 4.78 is 10.1. The highest BCUT2D eigenvalue weighted by atomic mass is 16.6. The summed E-state index contributed by atoms with van der Waals surface area (Å²) in [6.45, 7) is 1.30. The number of esters is 1. The lowest BCUT2D eigenvalue weighted by atomic mass is 9.97. The van der Waals surface area contributed by atoms with Gasteiger partial charge < -0.3 is 14.6 Å². The first-order valence-corrected chi connectivity index (χ1v) is 4.34. The molecule has 14 heavy (non-hydrogen) atoms. The van der Waals surface area contributed by atoms with E-state index in [2.05, 4.69) is 0 Å². The zero-order chi connectivity index (χ0) is 10.3. The van der Waals surface area contributed by atoms with Crippen molar-refractivity contribution >= 4 is 11.9 Å². The Morgan fingerprint density at radius 3 is 2.93 bits per heavy atom. The van der Waals surface area contributed by atoms with E-state index < -0.39 is 18.0 Å². The van der Waals surface area contributed by atoms with Crippen LogP contribution in [0.25, 0.3) is 0 Å². The van der Waals surface area contributed by atoms with Crippen molar-refractivity contribution in [1.29, 1.82) is 0 Å². The maximum absolute atomic E-state index is 10.7. The van der Waals surface area contributed by atoms with Gasteiger partial charge >= 0.3 is 11.9 Å². The SMILES string of the molecule is CC(=O)OC1CC(C(=O)O)=CC2OC21. The van der Waals surface area contributed by atoms with Gasteiger partial charge in [0.2, 0.25) is 0 Å². The molecule has 2 aliphatic rings. The van der Waals surface area contributed by atoms with Crippen molar-refractivity contribution in [2.75, 3.05) is 0 Å². The fraction of sp³-hybridized carbons (Fsp3) is 0.556. The van der Waals surface area contributed by atoms with Crippen LogP contribution < -0.4 is 0 Å². The molecule has 1 N–H and O–H groups in total. The summed E-state index contributed by atoms with van der Waals surface area (Å²) in [5.74, 6) is -1.38. The van der Waals surface area contributed by atoms with Gasteiger partial charge in [-0.1, -0.05) is 0 Å². The minimum absolute atomic E-state index is 0.137. The second-order valence-electron chi connectivity index (χ2n) is 3.41. The third-order valence-electron chi connectivity index (χ3n) is 2.31. The predicted molar refractivity (Wildman–Crippen MR) is 44.6 cm³/mol. The number of carbonyl (C=O) groups excluding carboxylic acids is 1. The lowest BCUT2D eigenvalue weighted by Crippen LogP contribution is -2.28. The van der Waals surface area contributed by atoms with Gasteiger partial charge in [0.25, 0.3) is 0 Å². The van der Waals surface area contributed by atoms with Gasteiger partial charge in [0.15, 0.2) is 0 Å². The van der Waals surface area contributed by atoms with E-state index in [-0.39, 0.29) is 24.2 Å². The normalized spacial score (nSPS) is 34.1. The average molecular weight is 198 g/mol. The summed E-state index contributed by atoms with van der Waals surface area (Å²) in [5, 5.41) is 8.76. The van der Waals surface area contributed by atoms with E-state index >= 15 is 0 Å². The standard InChI is InChI=1S/C9H10O5/c1-4(10)13-6-2-5(9(11)12)3-7-8(6)14-7/h3,6-8H,2H2,1H3,(H,11,12). The van der Waals surface area contributed by atoms with Crippen molar-refractivity contribution in [3.05, 3.63) is 11.6 Å². The Morgan fingerprint density at radius 2 is 2.36 bits per heavy atom. The molecule has 1 heterocycles. The third kappa shape index (κ3) is 1.63. The molecule has 1 fully saturated rings. The molecule has 0 aromatic rings. The van der Waals surface area contributed by atoms with E-state index in [0.717, 1.165) is 0 Å². The Labute approximate surface area is 80.3 Å². The number of carboxylic acid groups (broad SMARTS) is 1. The smallest absolute Gasteiger partial charge is 0.331 e. The highest BCUT2D eigenvalue weighted by Crippen LogP contribution is 2.37. The van der Waals surface area contributed by atoms with Crippen LogP contribution in [0.5, 0.6) is 0 Å². The minimum Gasteiger partial charge on any atom is -0.478 e. The van der Waals surface area contributed by atoms with Crippen LogP contribution in [-0.2, 0) is 19.1 Å². The first-order valence-electron chi connectivity index (χ1n) is 4.34. The third-order valence-corrected chi connectivity index (χ3v) is 2.31. The molecule has 0 aromatic carbocycles. The highest BCUT2D eigenvalue weighted by Gasteiger charge is 2.49. The Hall–Kier alpha value is -1.36. The Morgan fingerprint density at radius 1 is 1.64 bits per heavy atom. The van der Waals surface area contributed by atoms with E-state index in [1.807, 2.05) is 0 Å². The zero-order valence-corrected chi connectivity index (χ0v) is 7.60. The Balaban J connectivity index is 2.07. The lowest BCUT2D eigenvalue weighted by Gasteiger charge is -2.17. The summed E-state index contributed by atoms with van der Waals surface area (Å²) >= 11 is 0. The van der Waals surface area contributed by atoms with Gasteiger partial charge in [0.1, 0.15) is 18.3 Å². The van der Waals surface area contributed by atoms with E-state index in [1.165, 1.54) is 6.92 Å². The molecule has 0 amide bonds. The number of rotatable bonds is 2. The number of carboxylic acids is 1. The van der Waals surface area contributed by atoms with Crippen molar-refractivity contribution in [2.45, 2.75) is 31.7 Å². The number of hydrogen-bond acceptors (Lipinski definition) is 4. The summed E-state index contributed by atoms with van der Waals surface area (Å²) in [6, 6.07) is 0. The first-order chi connectivity index (χ1) is 6.58. The Kier molecular flexibility index (Phi) is 2.03. The second-order valence-corrected chi connectivity index (χ2v) is 3.41.